The number of aromatic nitrogens is 2. The number of hydrogen-bond donors (Lipinski definition) is 1. The van der Waals surface area contributed by atoms with Gasteiger partial charge < -0.3 is 5.73 Å². The number of hydrogen-bond acceptors (Lipinski definition) is 2. The first-order valence-corrected chi connectivity index (χ1v) is 6.81. The summed E-state index contributed by atoms with van der Waals surface area (Å²) in [4.78, 5) is 4.32. The van der Waals surface area contributed by atoms with E-state index in [2.05, 4.69) is 27.6 Å². The zero-order valence-electron chi connectivity index (χ0n) is 9.27. The number of imidazole rings is 1. The van der Waals surface area contributed by atoms with E-state index in [0.717, 1.165) is 16.7 Å². The van der Waals surface area contributed by atoms with Gasteiger partial charge in [0.1, 0.15) is 5.52 Å². The van der Waals surface area contributed by atoms with Crippen LogP contribution in [-0.4, -0.2) is 9.55 Å². The first kappa shape index (κ1) is 11.8. The fourth-order valence-corrected chi connectivity index (χ4v) is 2.52. The number of nitrogens with zero attached hydrogens (tertiary/aromatic N) is 2. The molecule has 0 atom stereocenters. The number of anilines is 1. The maximum absolute atomic E-state index is 6.12. The maximum Gasteiger partial charge on any atom is 0.205 e. The van der Waals surface area contributed by atoms with Crippen molar-refractivity contribution in [3.8, 4) is 5.69 Å². The molecule has 0 saturated heterocycles. The summed E-state index contributed by atoms with van der Waals surface area (Å²) in [7, 11) is 0. The van der Waals surface area contributed by atoms with E-state index in [1.807, 2.05) is 47.0 Å². The van der Waals surface area contributed by atoms with Crippen molar-refractivity contribution in [3.05, 3.63) is 51.1 Å². The average Bonchev–Trinajstić information content (AvgIpc) is 2.69. The summed E-state index contributed by atoms with van der Waals surface area (Å²) in [6, 6.07) is 13.8. The van der Waals surface area contributed by atoms with Crippen molar-refractivity contribution in [2.75, 3.05) is 5.73 Å². The molecule has 3 nitrogen and oxygen atoms in total. The molecule has 1 aromatic heterocycles. The highest BCUT2D eigenvalue weighted by Crippen LogP contribution is 2.28. The molecule has 0 bridgehead atoms. The highest BCUT2D eigenvalue weighted by Gasteiger charge is 2.11. The molecule has 0 saturated carbocycles. The molecule has 3 rings (SSSR count). The number of para-hydroxylation sites is 1. The van der Waals surface area contributed by atoms with Crippen LogP contribution in [0.1, 0.15) is 0 Å². The third kappa shape index (κ3) is 1.85. The van der Waals surface area contributed by atoms with Gasteiger partial charge in [0, 0.05) is 9.26 Å². The fraction of sp³-hybridized carbons (Fsp3) is 0. The third-order valence-electron chi connectivity index (χ3n) is 2.75. The van der Waals surface area contributed by atoms with Crippen molar-refractivity contribution < 1.29 is 0 Å². The van der Waals surface area contributed by atoms with Crippen LogP contribution >= 0.6 is 34.2 Å². The van der Waals surface area contributed by atoms with Gasteiger partial charge in [0.2, 0.25) is 5.95 Å². The maximum atomic E-state index is 6.12. The van der Waals surface area contributed by atoms with Gasteiger partial charge in [0.05, 0.1) is 10.5 Å². The topological polar surface area (TPSA) is 43.8 Å². The summed E-state index contributed by atoms with van der Waals surface area (Å²) in [5.41, 5.74) is 8.62. The lowest BCUT2D eigenvalue weighted by Crippen LogP contribution is -2.00. The molecular weight excluding hydrogens is 361 g/mol. The minimum atomic E-state index is 0.444. The highest BCUT2D eigenvalue weighted by molar-refractivity contribution is 14.1. The van der Waals surface area contributed by atoms with Crippen LogP contribution < -0.4 is 5.73 Å². The summed E-state index contributed by atoms with van der Waals surface area (Å²) in [5, 5.41) is 0.614. The molecule has 90 valence electrons. The van der Waals surface area contributed by atoms with E-state index in [1.54, 1.807) is 0 Å². The molecule has 0 aliphatic rings. The molecule has 2 N–H and O–H groups in total. The Kier molecular flexibility index (Phi) is 2.91. The number of halogens is 2. The van der Waals surface area contributed by atoms with Gasteiger partial charge >= 0.3 is 0 Å². The van der Waals surface area contributed by atoms with Crippen LogP contribution in [0, 0.1) is 3.57 Å². The van der Waals surface area contributed by atoms with Gasteiger partial charge in [-0.1, -0.05) is 17.7 Å². The average molecular weight is 370 g/mol. The summed E-state index contributed by atoms with van der Waals surface area (Å²) in [6.45, 7) is 0. The first-order valence-electron chi connectivity index (χ1n) is 5.35. The zero-order valence-corrected chi connectivity index (χ0v) is 12.2. The van der Waals surface area contributed by atoms with Gasteiger partial charge in [-0.05, 0) is 59.0 Å². The first-order chi connectivity index (χ1) is 8.66. The van der Waals surface area contributed by atoms with Crippen LogP contribution in [0.5, 0.6) is 0 Å². The predicted molar refractivity (Wildman–Crippen MR) is 83.2 cm³/mol. The monoisotopic (exact) mass is 369 g/mol. The standard InChI is InChI=1S/C13H9ClIN3/c14-10-2-1-3-11-12(10)17-13(16)18(11)9-6-4-8(15)5-7-9/h1-7H,(H2,16,17). The van der Waals surface area contributed by atoms with Crippen LogP contribution in [0.2, 0.25) is 5.02 Å². The Morgan fingerprint density at radius 3 is 2.56 bits per heavy atom. The zero-order chi connectivity index (χ0) is 12.7. The largest absolute Gasteiger partial charge is 0.369 e. The Morgan fingerprint density at radius 2 is 1.83 bits per heavy atom. The van der Waals surface area contributed by atoms with Gasteiger partial charge in [-0.25, -0.2) is 4.98 Å². The van der Waals surface area contributed by atoms with E-state index in [1.165, 1.54) is 3.57 Å². The van der Waals surface area contributed by atoms with E-state index < -0.39 is 0 Å². The lowest BCUT2D eigenvalue weighted by atomic mass is 10.3. The van der Waals surface area contributed by atoms with Crippen molar-refractivity contribution in [3.63, 3.8) is 0 Å². The van der Waals surface area contributed by atoms with Gasteiger partial charge in [-0.15, -0.1) is 0 Å². The SMILES string of the molecule is Nc1nc2c(Cl)cccc2n1-c1ccc(I)cc1. The molecule has 0 amide bonds. The molecule has 5 heteroatoms. The van der Waals surface area contributed by atoms with Crippen molar-refractivity contribution in [2.24, 2.45) is 0 Å². The molecule has 0 fully saturated rings. The van der Waals surface area contributed by atoms with Crippen LogP contribution in [0.4, 0.5) is 5.95 Å². The minimum Gasteiger partial charge on any atom is -0.369 e. The molecule has 0 spiro atoms. The summed E-state index contributed by atoms with van der Waals surface area (Å²) < 4.78 is 3.08. The van der Waals surface area contributed by atoms with Crippen molar-refractivity contribution in [1.82, 2.24) is 9.55 Å². The second-order valence-corrected chi connectivity index (χ2v) is 5.54. The Bertz CT molecular complexity index is 719. The molecule has 2 aromatic carbocycles. The van der Waals surface area contributed by atoms with E-state index >= 15 is 0 Å². The van der Waals surface area contributed by atoms with Crippen molar-refractivity contribution >= 4 is 51.2 Å². The fourth-order valence-electron chi connectivity index (χ4n) is 1.94. The molecule has 0 radical (unpaired) electrons. The second kappa shape index (κ2) is 4.44. The van der Waals surface area contributed by atoms with Crippen LogP contribution in [0.25, 0.3) is 16.7 Å². The highest BCUT2D eigenvalue weighted by atomic mass is 127. The molecule has 1 heterocycles. The number of nitrogens with two attached hydrogens (primary N) is 1. The summed E-state index contributed by atoms with van der Waals surface area (Å²) >= 11 is 8.39. The van der Waals surface area contributed by atoms with E-state index in [9.17, 15) is 0 Å². The summed E-state index contributed by atoms with van der Waals surface area (Å²) in [5.74, 6) is 0.444. The second-order valence-electron chi connectivity index (χ2n) is 3.89. The Morgan fingerprint density at radius 1 is 1.11 bits per heavy atom. The molecule has 0 aliphatic carbocycles. The third-order valence-corrected chi connectivity index (χ3v) is 3.77. The van der Waals surface area contributed by atoms with Crippen LogP contribution in [-0.2, 0) is 0 Å². The smallest absolute Gasteiger partial charge is 0.205 e. The summed E-state index contributed by atoms with van der Waals surface area (Å²) in [6.07, 6.45) is 0. The van der Waals surface area contributed by atoms with Gasteiger partial charge in [-0.3, -0.25) is 4.57 Å². The van der Waals surface area contributed by atoms with E-state index in [-0.39, 0.29) is 0 Å². The molecule has 0 aliphatic heterocycles. The molecule has 0 unspecified atom stereocenters. The van der Waals surface area contributed by atoms with E-state index in [4.69, 9.17) is 17.3 Å². The molecule has 3 aromatic rings. The van der Waals surface area contributed by atoms with Crippen molar-refractivity contribution in [2.45, 2.75) is 0 Å². The lowest BCUT2D eigenvalue weighted by molar-refractivity contribution is 1.11. The van der Waals surface area contributed by atoms with Crippen LogP contribution in [0.15, 0.2) is 42.5 Å². The number of fused-ring (bicyclic) bond motifs is 1. The number of nitrogen functional groups attached to an aromatic ring is 1. The molecular formula is C13H9ClIN3. The van der Waals surface area contributed by atoms with Gasteiger partial charge in [-0.2, -0.15) is 0 Å². The van der Waals surface area contributed by atoms with Gasteiger partial charge in [0.15, 0.2) is 0 Å². The van der Waals surface area contributed by atoms with E-state index in [0.29, 0.717) is 11.0 Å². The predicted octanol–water partition coefficient (Wildman–Crippen LogP) is 3.87. The Labute approximate surface area is 123 Å². The van der Waals surface area contributed by atoms with Gasteiger partial charge in [0.25, 0.3) is 0 Å². The number of benzene rings is 2. The van der Waals surface area contributed by atoms with Crippen LogP contribution in [0.3, 0.4) is 0 Å². The quantitative estimate of drug-likeness (QED) is 0.662. The normalized spacial score (nSPS) is 11.0. The van der Waals surface area contributed by atoms with Crippen molar-refractivity contribution in [1.29, 1.82) is 0 Å². The number of rotatable bonds is 1. The molecule has 18 heavy (non-hydrogen) atoms. The minimum absolute atomic E-state index is 0.444. The Hall–Kier alpha value is -1.27. The lowest BCUT2D eigenvalue weighted by Gasteiger charge is -2.06. The Balaban J connectivity index is 2.32.